The molecule has 0 aliphatic carbocycles. The molecule has 0 saturated carbocycles. The van der Waals surface area contributed by atoms with E-state index in [2.05, 4.69) is 15.6 Å². The lowest BCUT2D eigenvalue weighted by atomic mass is 10.2. The fraction of sp³-hybridized carbons (Fsp3) is 0.133. The van der Waals surface area contributed by atoms with E-state index in [4.69, 9.17) is 4.74 Å². The molecule has 24 heavy (non-hydrogen) atoms. The summed E-state index contributed by atoms with van der Waals surface area (Å²) < 4.78 is 44.9. The van der Waals surface area contributed by atoms with Crippen molar-refractivity contribution in [3.63, 3.8) is 0 Å². The van der Waals surface area contributed by atoms with Gasteiger partial charge in [0.05, 0.1) is 12.8 Å². The van der Waals surface area contributed by atoms with Crippen molar-refractivity contribution in [2.75, 3.05) is 12.5 Å². The molecule has 0 aromatic heterocycles. The van der Waals surface area contributed by atoms with Crippen LogP contribution in [0.4, 0.5) is 18.9 Å². The molecule has 1 amide bonds. The summed E-state index contributed by atoms with van der Waals surface area (Å²) in [4.78, 5) is 11.9. The van der Waals surface area contributed by atoms with E-state index in [-0.39, 0.29) is 18.0 Å². The lowest BCUT2D eigenvalue weighted by Gasteiger charge is -2.11. The molecule has 2 aromatic carbocycles. The van der Waals surface area contributed by atoms with E-state index < -0.39 is 18.0 Å². The quantitative estimate of drug-likeness (QED) is 0.795. The summed E-state index contributed by atoms with van der Waals surface area (Å²) in [6.07, 6.45) is -4.76. The Bertz CT molecular complexity index is 661. The first-order valence-corrected chi connectivity index (χ1v) is 6.43. The molecular formula is C15H14ClF3N2O3. The van der Waals surface area contributed by atoms with Gasteiger partial charge in [0, 0.05) is 5.56 Å². The molecule has 0 unspecified atom stereocenters. The zero-order valence-corrected chi connectivity index (χ0v) is 13.2. The molecule has 0 aliphatic heterocycles. The largest absolute Gasteiger partial charge is 0.573 e. The Morgan fingerprint density at radius 2 is 1.50 bits per heavy atom. The van der Waals surface area contributed by atoms with E-state index in [1.807, 2.05) is 0 Å². The van der Waals surface area contributed by atoms with Crippen molar-refractivity contribution in [1.82, 2.24) is 5.43 Å². The van der Waals surface area contributed by atoms with Gasteiger partial charge in [-0.3, -0.25) is 15.6 Å². The standard InChI is InChI=1S/C15H13F3N2O3.ClH/c1-22-12-8-4-11(5-9-12)19-20-14(21)10-2-6-13(7-3-10)23-15(16,17)18;/h2-9,19H,1H3,(H,20,21);1H. The van der Waals surface area contributed by atoms with E-state index in [0.717, 1.165) is 12.1 Å². The van der Waals surface area contributed by atoms with Crippen LogP contribution in [-0.2, 0) is 0 Å². The summed E-state index contributed by atoms with van der Waals surface area (Å²) in [5.74, 6) is -0.223. The van der Waals surface area contributed by atoms with Gasteiger partial charge in [-0.15, -0.1) is 25.6 Å². The molecule has 0 bridgehead atoms. The van der Waals surface area contributed by atoms with Crippen molar-refractivity contribution in [2.45, 2.75) is 6.36 Å². The van der Waals surface area contributed by atoms with Crippen molar-refractivity contribution >= 4 is 24.0 Å². The van der Waals surface area contributed by atoms with Crippen molar-refractivity contribution in [3.8, 4) is 11.5 Å². The average molecular weight is 363 g/mol. The third-order valence-electron chi connectivity index (χ3n) is 2.76. The zero-order valence-electron chi connectivity index (χ0n) is 12.4. The van der Waals surface area contributed by atoms with Crippen LogP contribution < -0.4 is 20.3 Å². The number of benzene rings is 2. The predicted octanol–water partition coefficient (Wildman–Crippen LogP) is 3.77. The highest BCUT2D eigenvalue weighted by molar-refractivity contribution is 5.94. The number of alkyl halides is 3. The van der Waals surface area contributed by atoms with E-state index in [1.54, 1.807) is 24.3 Å². The minimum Gasteiger partial charge on any atom is -0.497 e. The highest BCUT2D eigenvalue weighted by Crippen LogP contribution is 2.22. The molecule has 0 saturated heterocycles. The van der Waals surface area contributed by atoms with Crippen molar-refractivity contribution < 1.29 is 27.4 Å². The summed E-state index contributed by atoms with van der Waals surface area (Å²) in [6, 6.07) is 11.4. The smallest absolute Gasteiger partial charge is 0.497 e. The third-order valence-corrected chi connectivity index (χ3v) is 2.76. The number of amides is 1. The molecule has 9 heteroatoms. The Morgan fingerprint density at radius 3 is 2.00 bits per heavy atom. The SMILES string of the molecule is COc1ccc(NNC(=O)c2ccc(OC(F)(F)F)cc2)cc1.Cl. The van der Waals surface area contributed by atoms with Gasteiger partial charge < -0.3 is 9.47 Å². The van der Waals surface area contributed by atoms with E-state index >= 15 is 0 Å². The molecule has 0 heterocycles. The Labute approximate surface area is 142 Å². The zero-order chi connectivity index (χ0) is 16.9. The molecule has 0 spiro atoms. The molecule has 2 rings (SSSR count). The number of halogens is 4. The van der Waals surface area contributed by atoms with Crippen molar-refractivity contribution in [2.24, 2.45) is 0 Å². The van der Waals surface area contributed by atoms with Gasteiger partial charge in [-0.05, 0) is 48.5 Å². The number of hydrogen-bond donors (Lipinski definition) is 2. The van der Waals surface area contributed by atoms with Crippen LogP contribution in [0, 0.1) is 0 Å². The number of rotatable bonds is 5. The van der Waals surface area contributed by atoms with Crippen LogP contribution in [0.2, 0.25) is 0 Å². The highest BCUT2D eigenvalue weighted by atomic mass is 35.5. The summed E-state index contributed by atoms with van der Waals surface area (Å²) in [6.45, 7) is 0. The van der Waals surface area contributed by atoms with Gasteiger partial charge in [0.2, 0.25) is 0 Å². The van der Waals surface area contributed by atoms with Crippen LogP contribution in [0.1, 0.15) is 10.4 Å². The molecule has 0 fully saturated rings. The fourth-order valence-corrected chi connectivity index (χ4v) is 1.68. The van der Waals surface area contributed by atoms with Crippen LogP contribution in [0.3, 0.4) is 0 Å². The average Bonchev–Trinajstić information content (AvgIpc) is 2.52. The van der Waals surface area contributed by atoms with Gasteiger partial charge in [0.25, 0.3) is 5.91 Å². The normalized spacial score (nSPS) is 10.3. The first-order chi connectivity index (χ1) is 10.9. The summed E-state index contributed by atoms with van der Waals surface area (Å²) >= 11 is 0. The van der Waals surface area contributed by atoms with Gasteiger partial charge in [-0.1, -0.05) is 0 Å². The Balaban J connectivity index is 0.00000288. The van der Waals surface area contributed by atoms with E-state index in [1.165, 1.54) is 19.2 Å². The Kier molecular flexibility index (Phi) is 6.72. The number of ether oxygens (including phenoxy) is 2. The summed E-state index contributed by atoms with van der Waals surface area (Å²) in [5.41, 5.74) is 5.91. The lowest BCUT2D eigenvalue weighted by Crippen LogP contribution is -2.29. The third kappa shape index (κ3) is 5.88. The van der Waals surface area contributed by atoms with Crippen LogP contribution in [-0.4, -0.2) is 19.4 Å². The molecule has 0 atom stereocenters. The fourth-order valence-electron chi connectivity index (χ4n) is 1.68. The van der Waals surface area contributed by atoms with E-state index in [0.29, 0.717) is 11.4 Å². The minimum atomic E-state index is -4.76. The van der Waals surface area contributed by atoms with Crippen molar-refractivity contribution in [3.05, 3.63) is 54.1 Å². The molecule has 0 aliphatic rings. The van der Waals surface area contributed by atoms with E-state index in [9.17, 15) is 18.0 Å². The maximum Gasteiger partial charge on any atom is 0.573 e. The number of anilines is 1. The lowest BCUT2D eigenvalue weighted by molar-refractivity contribution is -0.274. The van der Waals surface area contributed by atoms with Crippen LogP contribution in [0.25, 0.3) is 0 Å². The molecule has 130 valence electrons. The number of methoxy groups -OCH3 is 1. The maximum atomic E-state index is 12.0. The van der Waals surface area contributed by atoms with Crippen LogP contribution in [0.15, 0.2) is 48.5 Å². The van der Waals surface area contributed by atoms with Crippen molar-refractivity contribution in [1.29, 1.82) is 0 Å². The number of carbonyl (C=O) groups is 1. The minimum absolute atomic E-state index is 0. The second kappa shape index (κ2) is 8.30. The second-order valence-electron chi connectivity index (χ2n) is 4.38. The van der Waals surface area contributed by atoms with Gasteiger partial charge >= 0.3 is 6.36 Å². The molecule has 2 N–H and O–H groups in total. The first-order valence-electron chi connectivity index (χ1n) is 6.43. The highest BCUT2D eigenvalue weighted by Gasteiger charge is 2.31. The van der Waals surface area contributed by atoms with Crippen LogP contribution >= 0.6 is 12.4 Å². The number of hydrazine groups is 1. The van der Waals surface area contributed by atoms with Gasteiger partial charge in [-0.25, -0.2) is 0 Å². The second-order valence-corrected chi connectivity index (χ2v) is 4.38. The number of hydrogen-bond acceptors (Lipinski definition) is 4. The number of carbonyl (C=O) groups excluding carboxylic acids is 1. The Morgan fingerprint density at radius 1 is 0.958 bits per heavy atom. The predicted molar refractivity (Wildman–Crippen MR) is 84.5 cm³/mol. The molecule has 2 aromatic rings. The van der Waals surface area contributed by atoms with Gasteiger partial charge in [0.1, 0.15) is 11.5 Å². The topological polar surface area (TPSA) is 59.6 Å². The summed E-state index contributed by atoms with van der Waals surface area (Å²) in [5, 5.41) is 0. The molecule has 5 nitrogen and oxygen atoms in total. The number of nitrogens with one attached hydrogen (secondary N) is 2. The van der Waals surface area contributed by atoms with Gasteiger partial charge in [-0.2, -0.15) is 0 Å². The Hall–Kier alpha value is -2.61. The van der Waals surface area contributed by atoms with Crippen LogP contribution in [0.5, 0.6) is 11.5 Å². The molecular weight excluding hydrogens is 349 g/mol. The van der Waals surface area contributed by atoms with Gasteiger partial charge in [0.15, 0.2) is 0 Å². The summed E-state index contributed by atoms with van der Waals surface area (Å²) in [7, 11) is 1.54. The molecule has 0 radical (unpaired) electrons. The monoisotopic (exact) mass is 362 g/mol. The first kappa shape index (κ1) is 19.4. The maximum absolute atomic E-state index is 12.0.